The highest BCUT2D eigenvalue weighted by molar-refractivity contribution is 5.71. The molecule has 0 aromatic heterocycles. The predicted molar refractivity (Wildman–Crippen MR) is 302 cm³/mol. The molecule has 6 nitrogen and oxygen atoms in total. The fourth-order valence-corrected chi connectivity index (χ4v) is 8.13. The van der Waals surface area contributed by atoms with E-state index in [2.05, 4.69) is 45.1 Å². The highest BCUT2D eigenvalue weighted by Gasteiger charge is 2.19. The molecule has 0 aromatic carbocycles. The third-order valence-electron chi connectivity index (χ3n) is 12.5. The largest absolute Gasteiger partial charge is 0.462 e. The summed E-state index contributed by atoms with van der Waals surface area (Å²) in [6.07, 6.45) is 76.8. The third-order valence-corrected chi connectivity index (χ3v) is 12.5. The van der Waals surface area contributed by atoms with Gasteiger partial charge in [-0.2, -0.15) is 0 Å². The Bertz CT molecular complexity index is 1400. The van der Waals surface area contributed by atoms with Gasteiger partial charge in [-0.3, -0.25) is 14.4 Å². The van der Waals surface area contributed by atoms with Crippen LogP contribution in [0.5, 0.6) is 0 Å². The molecule has 0 amide bonds. The molecule has 0 rings (SSSR count). The molecule has 0 bridgehead atoms. The van der Waals surface area contributed by atoms with E-state index in [9.17, 15) is 14.4 Å². The average Bonchev–Trinajstić information content (AvgIpc) is 3.36. The monoisotopic (exact) mass is 973 g/mol. The van der Waals surface area contributed by atoms with Crippen molar-refractivity contribution in [3.05, 3.63) is 97.2 Å². The fourth-order valence-electron chi connectivity index (χ4n) is 8.13. The summed E-state index contributed by atoms with van der Waals surface area (Å²) in [5, 5.41) is 0. The van der Waals surface area contributed by atoms with E-state index < -0.39 is 6.10 Å². The van der Waals surface area contributed by atoms with Crippen LogP contribution in [0.4, 0.5) is 0 Å². The Balaban J connectivity index is 4.49. The lowest BCUT2D eigenvalue weighted by Crippen LogP contribution is -2.30. The van der Waals surface area contributed by atoms with E-state index in [-0.39, 0.29) is 31.1 Å². The predicted octanol–water partition coefficient (Wildman–Crippen LogP) is 19.7. The van der Waals surface area contributed by atoms with E-state index >= 15 is 0 Å². The summed E-state index contributed by atoms with van der Waals surface area (Å²) in [5.74, 6) is -0.941. The van der Waals surface area contributed by atoms with E-state index in [1.165, 1.54) is 154 Å². The number of carbonyl (C=O) groups is 3. The first-order valence-electron chi connectivity index (χ1n) is 29.3. The zero-order chi connectivity index (χ0) is 50.7. The van der Waals surface area contributed by atoms with Crippen molar-refractivity contribution in [3.63, 3.8) is 0 Å². The summed E-state index contributed by atoms with van der Waals surface area (Å²) >= 11 is 0. The van der Waals surface area contributed by atoms with Gasteiger partial charge < -0.3 is 14.2 Å². The van der Waals surface area contributed by atoms with Crippen LogP contribution in [0.25, 0.3) is 0 Å². The first kappa shape index (κ1) is 66.3. The molecule has 0 aliphatic rings. The van der Waals surface area contributed by atoms with Crippen LogP contribution in [0.2, 0.25) is 0 Å². The Labute approximate surface area is 432 Å². The van der Waals surface area contributed by atoms with Crippen LogP contribution in [-0.4, -0.2) is 37.2 Å². The molecule has 0 radical (unpaired) electrons. The van der Waals surface area contributed by atoms with Gasteiger partial charge in [0.1, 0.15) is 13.2 Å². The zero-order valence-corrected chi connectivity index (χ0v) is 45.8. The minimum Gasteiger partial charge on any atom is -0.462 e. The lowest BCUT2D eigenvalue weighted by atomic mass is 10.0. The molecule has 6 heteroatoms. The molecule has 0 fully saturated rings. The Morgan fingerprint density at radius 2 is 0.571 bits per heavy atom. The molecule has 1 atom stereocenters. The van der Waals surface area contributed by atoms with Crippen LogP contribution in [0, 0.1) is 0 Å². The first-order chi connectivity index (χ1) is 34.5. The van der Waals surface area contributed by atoms with Gasteiger partial charge in [-0.15, -0.1) is 0 Å². The highest BCUT2D eigenvalue weighted by Crippen LogP contribution is 2.16. The molecular formula is C64H108O6. The normalized spacial score (nSPS) is 12.8. The molecule has 400 valence electrons. The molecule has 0 aromatic rings. The molecule has 0 heterocycles. The molecule has 1 unspecified atom stereocenters. The van der Waals surface area contributed by atoms with Crippen molar-refractivity contribution in [3.8, 4) is 0 Å². The van der Waals surface area contributed by atoms with Crippen molar-refractivity contribution >= 4 is 17.9 Å². The number of unbranched alkanes of at least 4 members (excludes halogenated alkanes) is 31. The number of hydrogen-bond donors (Lipinski definition) is 0. The standard InChI is InChI=1S/C64H108O6/c1-4-7-10-13-16-19-22-25-28-31-32-34-36-39-42-45-48-51-54-57-63(66)69-60-61(59-68-62(65)56-53-50-47-44-41-38-35-30-27-24-21-18-15-12-9-6-3)70-64(67)58-55-52-49-46-43-40-37-33-29-26-23-20-17-14-11-8-5-2/h7,10,13,16,19,22,25,28,30-32,34-36,39,42,61H,4-6,8-9,11-12,14-15,17-18,20-21,23-24,26-27,29,33,37-38,40-41,43-60H2,1-3H3/b10-7-,16-13-,22-19-,28-25-,32-31+,35-30-,36-34-,42-39-. The maximum absolute atomic E-state index is 12.9. The number of hydrogen-bond acceptors (Lipinski definition) is 6. The van der Waals surface area contributed by atoms with E-state index in [0.717, 1.165) is 77.0 Å². The van der Waals surface area contributed by atoms with Crippen LogP contribution in [0.15, 0.2) is 97.2 Å². The number of carbonyl (C=O) groups excluding carboxylic acids is 3. The smallest absolute Gasteiger partial charge is 0.306 e. The molecule has 0 spiro atoms. The van der Waals surface area contributed by atoms with Gasteiger partial charge in [0.15, 0.2) is 6.10 Å². The van der Waals surface area contributed by atoms with E-state index in [1.54, 1.807) is 0 Å². The quantitative estimate of drug-likeness (QED) is 0.0199. The summed E-state index contributed by atoms with van der Waals surface area (Å²) in [6.45, 7) is 6.47. The Morgan fingerprint density at radius 1 is 0.300 bits per heavy atom. The van der Waals surface area contributed by atoms with Crippen molar-refractivity contribution in [1.82, 2.24) is 0 Å². The fraction of sp³-hybridized carbons (Fsp3) is 0.703. The third kappa shape index (κ3) is 55.3. The van der Waals surface area contributed by atoms with Crippen molar-refractivity contribution in [2.45, 2.75) is 277 Å². The van der Waals surface area contributed by atoms with Crippen LogP contribution in [0.3, 0.4) is 0 Å². The molecule has 0 aliphatic carbocycles. The first-order valence-corrected chi connectivity index (χ1v) is 29.3. The van der Waals surface area contributed by atoms with E-state index in [1.807, 2.05) is 72.9 Å². The molecule has 0 N–H and O–H groups in total. The summed E-state index contributed by atoms with van der Waals surface area (Å²) in [4.78, 5) is 38.2. The minimum absolute atomic E-state index is 0.0953. The van der Waals surface area contributed by atoms with Gasteiger partial charge >= 0.3 is 17.9 Å². The second-order valence-corrected chi connectivity index (χ2v) is 19.4. The Morgan fingerprint density at radius 3 is 0.929 bits per heavy atom. The average molecular weight is 974 g/mol. The van der Waals surface area contributed by atoms with Crippen molar-refractivity contribution in [2.24, 2.45) is 0 Å². The SMILES string of the molecule is CC\C=C/C=C\C=C/C=C\C=C\C=C/C=C\CCCCCC(=O)OCC(COC(=O)CCCCCCC/C=C\CCCCCCCCC)OC(=O)CCCCCCCCCCCCCCCCCCC. The number of esters is 3. The summed E-state index contributed by atoms with van der Waals surface area (Å²) in [5.41, 5.74) is 0. The summed E-state index contributed by atoms with van der Waals surface area (Å²) < 4.78 is 16.8. The van der Waals surface area contributed by atoms with Gasteiger partial charge in [-0.05, 0) is 64.2 Å². The lowest BCUT2D eigenvalue weighted by Gasteiger charge is -2.18. The maximum Gasteiger partial charge on any atom is 0.306 e. The Hall–Kier alpha value is -3.67. The molecule has 0 saturated carbocycles. The summed E-state index contributed by atoms with van der Waals surface area (Å²) in [6, 6.07) is 0. The van der Waals surface area contributed by atoms with Gasteiger partial charge in [0.2, 0.25) is 0 Å². The zero-order valence-electron chi connectivity index (χ0n) is 45.8. The molecule has 0 aliphatic heterocycles. The lowest BCUT2D eigenvalue weighted by molar-refractivity contribution is -0.167. The molecule has 0 saturated heterocycles. The Kier molecular flexibility index (Phi) is 54.9. The van der Waals surface area contributed by atoms with E-state index in [0.29, 0.717) is 19.3 Å². The summed E-state index contributed by atoms with van der Waals surface area (Å²) in [7, 11) is 0. The van der Waals surface area contributed by atoms with Crippen molar-refractivity contribution < 1.29 is 28.6 Å². The minimum atomic E-state index is -0.800. The second kappa shape index (κ2) is 57.9. The number of rotatable bonds is 52. The van der Waals surface area contributed by atoms with Gasteiger partial charge in [-0.25, -0.2) is 0 Å². The van der Waals surface area contributed by atoms with Crippen LogP contribution in [0.1, 0.15) is 271 Å². The van der Waals surface area contributed by atoms with Crippen LogP contribution >= 0.6 is 0 Å². The van der Waals surface area contributed by atoms with Crippen LogP contribution < -0.4 is 0 Å². The topological polar surface area (TPSA) is 78.9 Å². The van der Waals surface area contributed by atoms with Gasteiger partial charge in [-0.1, -0.05) is 285 Å². The van der Waals surface area contributed by atoms with Gasteiger partial charge in [0.05, 0.1) is 0 Å². The van der Waals surface area contributed by atoms with Gasteiger partial charge in [0, 0.05) is 19.3 Å². The van der Waals surface area contributed by atoms with E-state index in [4.69, 9.17) is 14.2 Å². The van der Waals surface area contributed by atoms with Crippen LogP contribution in [-0.2, 0) is 28.6 Å². The van der Waals surface area contributed by atoms with Gasteiger partial charge in [0.25, 0.3) is 0 Å². The number of allylic oxidation sites excluding steroid dienone is 16. The van der Waals surface area contributed by atoms with Crippen molar-refractivity contribution in [1.29, 1.82) is 0 Å². The molecular weight excluding hydrogens is 865 g/mol. The highest BCUT2D eigenvalue weighted by atomic mass is 16.6. The number of ether oxygens (including phenoxy) is 3. The molecule has 70 heavy (non-hydrogen) atoms. The van der Waals surface area contributed by atoms with Crippen molar-refractivity contribution in [2.75, 3.05) is 13.2 Å². The second-order valence-electron chi connectivity index (χ2n) is 19.4. The maximum atomic E-state index is 12.9.